The minimum absolute atomic E-state index is 0.0593. The van der Waals surface area contributed by atoms with Gasteiger partial charge in [-0.2, -0.15) is 10.2 Å². The van der Waals surface area contributed by atoms with Crippen molar-refractivity contribution >= 4 is 7.12 Å². The van der Waals surface area contributed by atoms with E-state index in [1.54, 1.807) is 0 Å². The van der Waals surface area contributed by atoms with E-state index in [2.05, 4.69) is 37.9 Å². The normalized spacial score (nSPS) is 32.2. The first-order valence-electron chi connectivity index (χ1n) is 7.48. The number of ether oxygens (including phenoxy) is 1. The second-order valence-corrected chi connectivity index (χ2v) is 6.75. The predicted octanol–water partition coefficient (Wildman–Crippen LogP) is 2.91. The Kier molecular flexibility index (Phi) is 3.51. The van der Waals surface area contributed by atoms with E-state index in [9.17, 15) is 0 Å². The highest BCUT2D eigenvalue weighted by molar-refractivity contribution is 6.55. The summed E-state index contributed by atoms with van der Waals surface area (Å²) in [5, 5.41) is 8.47. The highest BCUT2D eigenvalue weighted by Crippen LogP contribution is 2.40. The molecule has 2 fully saturated rings. The molecular weight excluding hydrogens is 255 g/mol. The van der Waals surface area contributed by atoms with Crippen molar-refractivity contribution in [1.82, 2.24) is 0 Å². The molecular formula is C14H23BN2O3. The third kappa shape index (κ3) is 2.34. The maximum Gasteiger partial charge on any atom is 0.494 e. The Bertz CT molecular complexity index is 437. The average molecular weight is 278 g/mol. The van der Waals surface area contributed by atoms with Crippen LogP contribution in [0.1, 0.15) is 47.0 Å². The topological polar surface area (TPSA) is 52.4 Å². The van der Waals surface area contributed by atoms with Crippen LogP contribution in [0.5, 0.6) is 0 Å². The summed E-state index contributed by atoms with van der Waals surface area (Å²) in [6.07, 6.45) is 3.38. The van der Waals surface area contributed by atoms with Crippen molar-refractivity contribution in [3.8, 4) is 0 Å². The van der Waals surface area contributed by atoms with Crippen LogP contribution in [0, 0.1) is 0 Å². The Labute approximate surface area is 120 Å². The summed E-state index contributed by atoms with van der Waals surface area (Å²) in [5.41, 5.74) is 1.32. The average Bonchev–Trinajstić information content (AvgIpc) is 2.94. The van der Waals surface area contributed by atoms with E-state index in [4.69, 9.17) is 14.0 Å². The number of rotatable bonds is 2. The quantitative estimate of drug-likeness (QED) is 0.730. The molecule has 3 heterocycles. The van der Waals surface area contributed by atoms with Gasteiger partial charge in [0.25, 0.3) is 0 Å². The molecule has 5 nitrogen and oxygen atoms in total. The summed E-state index contributed by atoms with van der Waals surface area (Å²) in [6.45, 7) is 9.62. The first-order valence-corrected chi connectivity index (χ1v) is 7.48. The lowest BCUT2D eigenvalue weighted by molar-refractivity contribution is 0.00578. The van der Waals surface area contributed by atoms with Gasteiger partial charge in [-0.25, -0.2) is 0 Å². The molecule has 0 aromatic heterocycles. The first-order chi connectivity index (χ1) is 9.41. The molecule has 0 spiro atoms. The van der Waals surface area contributed by atoms with Crippen LogP contribution in [-0.4, -0.2) is 37.6 Å². The van der Waals surface area contributed by atoms with E-state index < -0.39 is 0 Å². The fourth-order valence-corrected chi connectivity index (χ4v) is 2.74. The summed E-state index contributed by atoms with van der Waals surface area (Å²) < 4.78 is 18.1. The lowest BCUT2D eigenvalue weighted by Gasteiger charge is -2.32. The molecule has 0 aliphatic carbocycles. The lowest BCUT2D eigenvalue weighted by Crippen LogP contribution is -2.41. The van der Waals surface area contributed by atoms with Gasteiger partial charge in [-0.05, 0) is 47.0 Å². The largest absolute Gasteiger partial charge is 0.494 e. The van der Waals surface area contributed by atoms with Crippen LogP contribution in [0.3, 0.4) is 0 Å². The van der Waals surface area contributed by atoms with Crippen molar-refractivity contribution in [3.63, 3.8) is 0 Å². The van der Waals surface area contributed by atoms with Crippen LogP contribution in [-0.2, 0) is 14.0 Å². The number of hydrogen-bond acceptors (Lipinski definition) is 5. The van der Waals surface area contributed by atoms with Gasteiger partial charge in [-0.3, -0.25) is 0 Å². The Morgan fingerprint density at radius 1 is 1.10 bits per heavy atom. The van der Waals surface area contributed by atoms with Gasteiger partial charge in [-0.15, -0.1) is 0 Å². The summed E-state index contributed by atoms with van der Waals surface area (Å²) >= 11 is 0. The molecule has 3 aliphatic rings. The fraction of sp³-hybridized carbons (Fsp3) is 0.857. The van der Waals surface area contributed by atoms with Crippen LogP contribution in [0.25, 0.3) is 0 Å². The van der Waals surface area contributed by atoms with E-state index in [-0.39, 0.29) is 24.4 Å². The smallest absolute Gasteiger partial charge is 0.399 e. The van der Waals surface area contributed by atoms with E-state index in [0.717, 1.165) is 30.6 Å². The third-order valence-electron chi connectivity index (χ3n) is 4.77. The van der Waals surface area contributed by atoms with Crippen molar-refractivity contribution < 1.29 is 14.0 Å². The van der Waals surface area contributed by atoms with Crippen molar-refractivity contribution in [1.29, 1.82) is 0 Å². The van der Waals surface area contributed by atoms with Crippen molar-refractivity contribution in [2.75, 3.05) is 13.2 Å². The van der Waals surface area contributed by atoms with Gasteiger partial charge in [0.2, 0.25) is 0 Å². The Balaban J connectivity index is 1.82. The van der Waals surface area contributed by atoms with Crippen molar-refractivity contribution in [2.45, 2.75) is 64.3 Å². The number of azo groups is 1. The maximum atomic E-state index is 6.11. The Hall–Kier alpha value is -0.715. The summed E-state index contributed by atoms with van der Waals surface area (Å²) in [7, 11) is -0.351. The molecule has 0 aromatic rings. The molecule has 3 rings (SSSR count). The van der Waals surface area contributed by atoms with E-state index in [0.29, 0.717) is 6.54 Å². The zero-order valence-corrected chi connectivity index (χ0v) is 12.8. The van der Waals surface area contributed by atoms with E-state index in [1.165, 1.54) is 6.42 Å². The predicted molar refractivity (Wildman–Crippen MR) is 76.4 cm³/mol. The van der Waals surface area contributed by atoms with Crippen molar-refractivity contribution in [2.24, 2.45) is 10.2 Å². The van der Waals surface area contributed by atoms with E-state index in [1.807, 2.05) is 0 Å². The van der Waals surface area contributed by atoms with Crippen LogP contribution >= 0.6 is 0 Å². The summed E-state index contributed by atoms with van der Waals surface area (Å²) in [6, 6.07) is 0. The lowest BCUT2D eigenvalue weighted by atomic mass is 9.76. The molecule has 20 heavy (non-hydrogen) atoms. The second-order valence-electron chi connectivity index (χ2n) is 6.75. The minimum Gasteiger partial charge on any atom is -0.399 e. The molecule has 0 saturated carbocycles. The third-order valence-corrected chi connectivity index (χ3v) is 4.77. The van der Waals surface area contributed by atoms with Gasteiger partial charge >= 0.3 is 7.12 Å². The van der Waals surface area contributed by atoms with Gasteiger partial charge in [0, 0.05) is 12.1 Å². The molecule has 0 bridgehead atoms. The zero-order valence-electron chi connectivity index (χ0n) is 12.8. The Morgan fingerprint density at radius 2 is 1.80 bits per heavy atom. The van der Waals surface area contributed by atoms with E-state index >= 15 is 0 Å². The molecule has 3 aliphatic heterocycles. The van der Waals surface area contributed by atoms with Crippen LogP contribution in [0.4, 0.5) is 0 Å². The van der Waals surface area contributed by atoms with Crippen molar-refractivity contribution in [3.05, 3.63) is 11.2 Å². The molecule has 2 saturated heterocycles. The molecule has 6 heteroatoms. The summed E-state index contributed by atoms with van der Waals surface area (Å²) in [4.78, 5) is 0. The number of hydrogen-bond donors (Lipinski definition) is 0. The molecule has 0 amide bonds. The Morgan fingerprint density at radius 3 is 2.40 bits per heavy atom. The molecule has 110 valence electrons. The van der Waals surface area contributed by atoms with Crippen LogP contribution < -0.4 is 0 Å². The SMILES string of the molecule is CC1(C)OB(C2=C([C@@H]3CCCCO3)N=NC2)OC1(C)C. The van der Waals surface area contributed by atoms with Gasteiger partial charge in [0.05, 0.1) is 23.4 Å². The molecule has 0 unspecified atom stereocenters. The molecule has 0 radical (unpaired) electrons. The zero-order chi connectivity index (χ0) is 14.4. The van der Waals surface area contributed by atoms with Crippen LogP contribution in [0.15, 0.2) is 21.4 Å². The van der Waals surface area contributed by atoms with Gasteiger partial charge in [-0.1, -0.05) is 0 Å². The molecule has 0 N–H and O–H groups in total. The highest BCUT2D eigenvalue weighted by atomic mass is 16.7. The van der Waals surface area contributed by atoms with Gasteiger partial charge < -0.3 is 14.0 Å². The van der Waals surface area contributed by atoms with Gasteiger partial charge in [0.15, 0.2) is 0 Å². The monoisotopic (exact) mass is 278 g/mol. The second kappa shape index (κ2) is 4.93. The maximum absolute atomic E-state index is 6.11. The highest BCUT2D eigenvalue weighted by Gasteiger charge is 2.53. The number of nitrogens with zero attached hydrogens (tertiary/aromatic N) is 2. The first kappa shape index (κ1) is 14.2. The summed E-state index contributed by atoms with van der Waals surface area (Å²) in [5.74, 6) is 0. The fourth-order valence-electron chi connectivity index (χ4n) is 2.74. The molecule has 1 atom stereocenters. The molecule has 0 aromatic carbocycles. The van der Waals surface area contributed by atoms with Gasteiger partial charge in [0.1, 0.15) is 6.10 Å². The standard InChI is InChI=1S/C14H23BN2O3/c1-13(2)14(3,4)20-15(19-13)10-9-16-17-12(10)11-7-5-6-8-18-11/h11H,5-9H2,1-4H3/t11-/m0/s1. The van der Waals surface area contributed by atoms with Crippen LogP contribution in [0.2, 0.25) is 0 Å². The minimum atomic E-state index is -0.351.